The summed E-state index contributed by atoms with van der Waals surface area (Å²) in [5, 5.41) is 4.21. The normalized spacial score (nSPS) is 19.7. The zero-order chi connectivity index (χ0) is 12.8. The lowest BCUT2D eigenvalue weighted by Gasteiger charge is -2.21. The number of rotatable bonds is 5. The number of thioether (sulfide) groups is 1. The first-order valence-electron chi connectivity index (χ1n) is 6.47. The summed E-state index contributed by atoms with van der Waals surface area (Å²) in [4.78, 5) is 11.1. The van der Waals surface area contributed by atoms with Gasteiger partial charge in [0.05, 0.1) is 0 Å². The maximum absolute atomic E-state index is 11.1. The Hall–Kier alpha value is -1.00. The molecule has 0 bridgehead atoms. The molecule has 18 heavy (non-hydrogen) atoms. The summed E-state index contributed by atoms with van der Waals surface area (Å²) < 4.78 is 0. The highest BCUT2D eigenvalue weighted by atomic mass is 32.2. The third-order valence-electron chi connectivity index (χ3n) is 3.19. The molecular formula is C14H20N2OS. The van der Waals surface area contributed by atoms with E-state index in [9.17, 15) is 4.79 Å². The average Bonchev–Trinajstić information content (AvgIpc) is 2.40. The zero-order valence-corrected chi connectivity index (χ0v) is 11.3. The number of nitrogens with two attached hydrogens (primary N) is 1. The van der Waals surface area contributed by atoms with E-state index in [0.29, 0.717) is 5.56 Å². The van der Waals surface area contributed by atoms with Crippen LogP contribution in [0.25, 0.3) is 0 Å². The predicted molar refractivity (Wildman–Crippen MR) is 76.8 cm³/mol. The number of carbonyl (C=O) groups excluding carboxylic acids is 1. The van der Waals surface area contributed by atoms with Crippen molar-refractivity contribution >= 4 is 17.7 Å². The predicted octanol–water partition coefficient (Wildman–Crippen LogP) is 2.16. The van der Waals surface area contributed by atoms with Gasteiger partial charge in [0.1, 0.15) is 0 Å². The van der Waals surface area contributed by atoms with Crippen molar-refractivity contribution in [2.75, 3.05) is 12.3 Å². The number of carbonyl (C=O) groups is 1. The van der Waals surface area contributed by atoms with E-state index < -0.39 is 0 Å². The van der Waals surface area contributed by atoms with E-state index in [1.54, 1.807) is 6.07 Å². The van der Waals surface area contributed by atoms with Gasteiger partial charge in [0.2, 0.25) is 5.91 Å². The minimum atomic E-state index is -0.361. The molecule has 3 nitrogen and oxygen atoms in total. The van der Waals surface area contributed by atoms with Crippen molar-refractivity contribution in [3.8, 4) is 0 Å². The second-order valence-electron chi connectivity index (χ2n) is 4.68. The van der Waals surface area contributed by atoms with Gasteiger partial charge in [-0.05, 0) is 36.3 Å². The van der Waals surface area contributed by atoms with Crippen molar-refractivity contribution in [2.24, 2.45) is 5.73 Å². The highest BCUT2D eigenvalue weighted by Gasteiger charge is 2.12. The topological polar surface area (TPSA) is 55.1 Å². The van der Waals surface area contributed by atoms with Crippen molar-refractivity contribution in [3.05, 3.63) is 35.4 Å². The molecule has 1 heterocycles. The molecule has 1 saturated heterocycles. The molecule has 1 aliphatic rings. The summed E-state index contributed by atoms with van der Waals surface area (Å²) in [6.45, 7) is 1.85. The van der Waals surface area contributed by atoms with Gasteiger partial charge in [0.25, 0.3) is 0 Å². The lowest BCUT2D eigenvalue weighted by atomic mass is 10.1. The molecule has 1 atom stereocenters. The van der Waals surface area contributed by atoms with E-state index in [4.69, 9.17) is 5.73 Å². The summed E-state index contributed by atoms with van der Waals surface area (Å²) in [6, 6.07) is 7.52. The molecular weight excluding hydrogens is 244 g/mol. The number of nitrogens with one attached hydrogen (secondary N) is 1. The van der Waals surface area contributed by atoms with Crippen LogP contribution in [0.1, 0.15) is 35.2 Å². The van der Waals surface area contributed by atoms with Crippen molar-refractivity contribution in [3.63, 3.8) is 0 Å². The van der Waals surface area contributed by atoms with Crippen molar-refractivity contribution in [1.82, 2.24) is 5.32 Å². The SMILES string of the molecule is NC(=O)c1cccc(CNCC2CCCCS2)c1. The summed E-state index contributed by atoms with van der Waals surface area (Å²) >= 11 is 2.07. The number of benzene rings is 1. The van der Waals surface area contributed by atoms with E-state index in [1.165, 1.54) is 25.0 Å². The van der Waals surface area contributed by atoms with Crippen LogP contribution in [0.15, 0.2) is 24.3 Å². The third kappa shape index (κ3) is 4.03. The van der Waals surface area contributed by atoms with Crippen LogP contribution >= 0.6 is 11.8 Å². The highest BCUT2D eigenvalue weighted by molar-refractivity contribution is 7.99. The molecule has 1 fully saturated rings. The number of primary amides is 1. The van der Waals surface area contributed by atoms with Gasteiger partial charge in [-0.25, -0.2) is 0 Å². The van der Waals surface area contributed by atoms with Gasteiger partial charge in [-0.3, -0.25) is 4.79 Å². The molecule has 1 aromatic rings. The van der Waals surface area contributed by atoms with Crippen LogP contribution in [0.4, 0.5) is 0 Å². The van der Waals surface area contributed by atoms with Crippen LogP contribution < -0.4 is 11.1 Å². The van der Waals surface area contributed by atoms with Crippen LogP contribution in [0, 0.1) is 0 Å². The Kier molecular flexibility index (Phi) is 5.08. The Bertz CT molecular complexity index is 403. The third-order valence-corrected chi connectivity index (χ3v) is 4.58. The van der Waals surface area contributed by atoms with Gasteiger partial charge >= 0.3 is 0 Å². The smallest absolute Gasteiger partial charge is 0.248 e. The van der Waals surface area contributed by atoms with E-state index in [1.807, 2.05) is 18.2 Å². The van der Waals surface area contributed by atoms with Gasteiger partial charge in [0.15, 0.2) is 0 Å². The fraction of sp³-hybridized carbons (Fsp3) is 0.500. The van der Waals surface area contributed by atoms with Crippen LogP contribution in [0.2, 0.25) is 0 Å². The van der Waals surface area contributed by atoms with Crippen LogP contribution in [-0.2, 0) is 6.54 Å². The quantitative estimate of drug-likeness (QED) is 0.857. The maximum Gasteiger partial charge on any atom is 0.248 e. The Morgan fingerprint density at radius 2 is 2.33 bits per heavy atom. The van der Waals surface area contributed by atoms with Crippen LogP contribution in [-0.4, -0.2) is 23.5 Å². The van der Waals surface area contributed by atoms with Gasteiger partial charge < -0.3 is 11.1 Å². The first kappa shape index (κ1) is 13.4. The van der Waals surface area contributed by atoms with Gasteiger partial charge in [-0.2, -0.15) is 11.8 Å². The number of hydrogen-bond acceptors (Lipinski definition) is 3. The Labute approximate surface area is 113 Å². The monoisotopic (exact) mass is 264 g/mol. The van der Waals surface area contributed by atoms with Crippen molar-refractivity contribution in [1.29, 1.82) is 0 Å². The Morgan fingerprint density at radius 1 is 1.44 bits per heavy atom. The van der Waals surface area contributed by atoms with E-state index in [0.717, 1.165) is 23.9 Å². The molecule has 1 amide bonds. The lowest BCUT2D eigenvalue weighted by molar-refractivity contribution is 0.1000. The van der Waals surface area contributed by atoms with Gasteiger partial charge in [0, 0.05) is 23.9 Å². The second-order valence-corrected chi connectivity index (χ2v) is 6.09. The number of hydrogen-bond donors (Lipinski definition) is 2. The minimum Gasteiger partial charge on any atom is -0.366 e. The Balaban J connectivity index is 1.78. The molecule has 4 heteroatoms. The molecule has 0 radical (unpaired) electrons. The Morgan fingerprint density at radius 3 is 3.06 bits per heavy atom. The first-order valence-corrected chi connectivity index (χ1v) is 7.51. The number of amides is 1. The van der Waals surface area contributed by atoms with E-state index in [2.05, 4.69) is 17.1 Å². The van der Waals surface area contributed by atoms with Crippen molar-refractivity contribution < 1.29 is 4.79 Å². The van der Waals surface area contributed by atoms with Crippen LogP contribution in [0.3, 0.4) is 0 Å². The summed E-state index contributed by atoms with van der Waals surface area (Å²) in [5.41, 5.74) is 6.97. The fourth-order valence-corrected chi connectivity index (χ4v) is 3.45. The largest absolute Gasteiger partial charge is 0.366 e. The molecule has 2 rings (SSSR count). The molecule has 1 aromatic carbocycles. The first-order chi connectivity index (χ1) is 8.75. The molecule has 0 saturated carbocycles. The highest BCUT2D eigenvalue weighted by Crippen LogP contribution is 2.24. The molecule has 1 aliphatic heterocycles. The fourth-order valence-electron chi connectivity index (χ4n) is 2.18. The van der Waals surface area contributed by atoms with Gasteiger partial charge in [-0.15, -0.1) is 0 Å². The molecule has 0 spiro atoms. The molecule has 98 valence electrons. The molecule has 3 N–H and O–H groups in total. The maximum atomic E-state index is 11.1. The molecule has 0 aliphatic carbocycles. The van der Waals surface area contributed by atoms with E-state index in [-0.39, 0.29) is 5.91 Å². The summed E-state index contributed by atoms with van der Waals surface area (Å²) in [5.74, 6) is 0.934. The molecule has 0 aromatic heterocycles. The summed E-state index contributed by atoms with van der Waals surface area (Å²) in [6.07, 6.45) is 4.04. The second kappa shape index (κ2) is 6.81. The van der Waals surface area contributed by atoms with Crippen molar-refractivity contribution in [2.45, 2.75) is 31.1 Å². The summed E-state index contributed by atoms with van der Waals surface area (Å²) in [7, 11) is 0. The minimum absolute atomic E-state index is 0.361. The standard InChI is InChI=1S/C14H20N2OS/c15-14(17)12-5-3-4-11(8-12)9-16-10-13-6-1-2-7-18-13/h3-5,8,13,16H,1-2,6-7,9-10H2,(H2,15,17). The average molecular weight is 264 g/mol. The zero-order valence-electron chi connectivity index (χ0n) is 10.5. The van der Waals surface area contributed by atoms with E-state index >= 15 is 0 Å². The molecule has 1 unspecified atom stereocenters. The lowest BCUT2D eigenvalue weighted by Crippen LogP contribution is -2.26. The van der Waals surface area contributed by atoms with Crippen LogP contribution in [0.5, 0.6) is 0 Å². The van der Waals surface area contributed by atoms with Gasteiger partial charge in [-0.1, -0.05) is 18.6 Å².